The maximum atomic E-state index is 4.00. The Morgan fingerprint density at radius 3 is 2.29 bits per heavy atom. The SMILES string of the molecule is C=C(C)C(C)=CC(CC)C(=CC)CCC=CC. The lowest BCUT2D eigenvalue weighted by atomic mass is 9.89. The van der Waals surface area contributed by atoms with Crippen LogP contribution in [0.5, 0.6) is 0 Å². The Kier molecular flexibility index (Phi) is 8.49. The monoisotopic (exact) mass is 232 g/mol. The van der Waals surface area contributed by atoms with Crippen LogP contribution in [0.15, 0.2) is 47.6 Å². The first-order valence-corrected chi connectivity index (χ1v) is 6.67. The highest BCUT2D eigenvalue weighted by Crippen LogP contribution is 2.24. The Morgan fingerprint density at radius 1 is 1.24 bits per heavy atom. The second-order valence-electron chi connectivity index (χ2n) is 4.62. The molecule has 0 spiro atoms. The van der Waals surface area contributed by atoms with Crippen LogP contribution in [0.4, 0.5) is 0 Å². The lowest BCUT2D eigenvalue weighted by Crippen LogP contribution is -2.01. The van der Waals surface area contributed by atoms with Crippen molar-refractivity contribution in [2.45, 2.75) is 53.9 Å². The van der Waals surface area contributed by atoms with Gasteiger partial charge in [0.05, 0.1) is 0 Å². The third-order valence-corrected chi connectivity index (χ3v) is 3.25. The van der Waals surface area contributed by atoms with Gasteiger partial charge in [0.2, 0.25) is 0 Å². The average Bonchev–Trinajstić information content (AvgIpc) is 2.32. The minimum atomic E-state index is 0.571. The third kappa shape index (κ3) is 6.31. The second-order valence-corrected chi connectivity index (χ2v) is 4.62. The van der Waals surface area contributed by atoms with E-state index >= 15 is 0 Å². The first-order chi connectivity index (χ1) is 8.06. The molecule has 0 aromatic heterocycles. The van der Waals surface area contributed by atoms with Crippen molar-refractivity contribution in [3.63, 3.8) is 0 Å². The van der Waals surface area contributed by atoms with Crippen LogP contribution in [-0.4, -0.2) is 0 Å². The van der Waals surface area contributed by atoms with E-state index in [9.17, 15) is 0 Å². The standard InChI is InChI=1S/C17H28/c1-7-10-11-12-16(8-2)17(9-3)13-15(6)14(4)5/h7-8,10,13,17H,4,9,11-12H2,1-3,5-6H3. The van der Waals surface area contributed by atoms with E-state index in [1.807, 2.05) is 0 Å². The van der Waals surface area contributed by atoms with Gasteiger partial charge in [-0.15, -0.1) is 0 Å². The summed E-state index contributed by atoms with van der Waals surface area (Å²) in [5.74, 6) is 0.571. The summed E-state index contributed by atoms with van der Waals surface area (Å²) >= 11 is 0. The number of rotatable bonds is 7. The molecule has 0 aromatic rings. The van der Waals surface area contributed by atoms with Crippen LogP contribution in [-0.2, 0) is 0 Å². The molecule has 0 heteroatoms. The fraction of sp³-hybridized carbons (Fsp3) is 0.529. The summed E-state index contributed by atoms with van der Waals surface area (Å²) in [7, 11) is 0. The van der Waals surface area contributed by atoms with E-state index in [0.717, 1.165) is 6.42 Å². The molecule has 0 aliphatic heterocycles. The van der Waals surface area contributed by atoms with Gasteiger partial charge >= 0.3 is 0 Å². The van der Waals surface area contributed by atoms with Crippen LogP contribution < -0.4 is 0 Å². The molecule has 0 saturated carbocycles. The molecule has 0 nitrogen and oxygen atoms in total. The fourth-order valence-electron chi connectivity index (χ4n) is 1.89. The summed E-state index contributed by atoms with van der Waals surface area (Å²) in [6.45, 7) is 14.7. The van der Waals surface area contributed by atoms with E-state index in [4.69, 9.17) is 0 Å². The van der Waals surface area contributed by atoms with Gasteiger partial charge in [-0.2, -0.15) is 0 Å². The Hall–Kier alpha value is -1.04. The van der Waals surface area contributed by atoms with Gasteiger partial charge in [-0.1, -0.05) is 54.5 Å². The van der Waals surface area contributed by atoms with Gasteiger partial charge in [-0.3, -0.25) is 0 Å². The highest BCUT2D eigenvalue weighted by atomic mass is 14.1. The van der Waals surface area contributed by atoms with Gasteiger partial charge < -0.3 is 0 Å². The molecule has 17 heavy (non-hydrogen) atoms. The summed E-state index contributed by atoms with van der Waals surface area (Å²) in [6, 6.07) is 0. The van der Waals surface area contributed by atoms with Crippen molar-refractivity contribution in [2.24, 2.45) is 5.92 Å². The molecule has 0 heterocycles. The van der Waals surface area contributed by atoms with E-state index in [0.29, 0.717) is 5.92 Å². The molecule has 0 bridgehead atoms. The zero-order chi connectivity index (χ0) is 13.3. The van der Waals surface area contributed by atoms with E-state index in [2.05, 4.69) is 65.5 Å². The first-order valence-electron chi connectivity index (χ1n) is 6.67. The highest BCUT2D eigenvalue weighted by molar-refractivity contribution is 5.27. The Balaban J connectivity index is 4.72. The summed E-state index contributed by atoms with van der Waals surface area (Å²) in [5.41, 5.74) is 4.04. The normalized spacial score (nSPS) is 15.4. The van der Waals surface area contributed by atoms with Crippen molar-refractivity contribution >= 4 is 0 Å². The highest BCUT2D eigenvalue weighted by Gasteiger charge is 2.08. The minimum Gasteiger partial charge on any atom is -0.0959 e. The molecule has 1 atom stereocenters. The molecular weight excluding hydrogens is 204 g/mol. The van der Waals surface area contributed by atoms with E-state index in [-0.39, 0.29) is 0 Å². The molecule has 0 N–H and O–H groups in total. The Morgan fingerprint density at radius 2 is 1.88 bits per heavy atom. The number of allylic oxidation sites excluding steroid dienone is 7. The lowest BCUT2D eigenvalue weighted by Gasteiger charge is -2.16. The van der Waals surface area contributed by atoms with Crippen LogP contribution in [0.2, 0.25) is 0 Å². The van der Waals surface area contributed by atoms with Crippen molar-refractivity contribution < 1.29 is 0 Å². The number of hydrogen-bond acceptors (Lipinski definition) is 0. The van der Waals surface area contributed by atoms with Crippen molar-refractivity contribution in [1.29, 1.82) is 0 Å². The molecule has 0 aliphatic carbocycles. The molecule has 0 radical (unpaired) electrons. The first kappa shape index (κ1) is 16.0. The molecule has 0 aromatic carbocycles. The molecule has 1 unspecified atom stereocenters. The maximum Gasteiger partial charge on any atom is -0.00201 e. The third-order valence-electron chi connectivity index (χ3n) is 3.25. The largest absolute Gasteiger partial charge is 0.0959 e. The molecule has 0 saturated heterocycles. The summed E-state index contributed by atoms with van der Waals surface area (Å²) < 4.78 is 0. The topological polar surface area (TPSA) is 0 Å². The number of hydrogen-bond donors (Lipinski definition) is 0. The zero-order valence-corrected chi connectivity index (χ0v) is 12.2. The molecule has 0 rings (SSSR count). The van der Waals surface area contributed by atoms with Crippen LogP contribution in [0.3, 0.4) is 0 Å². The van der Waals surface area contributed by atoms with Crippen molar-refractivity contribution in [3.8, 4) is 0 Å². The van der Waals surface area contributed by atoms with Crippen LogP contribution >= 0.6 is 0 Å². The molecular formula is C17H28. The summed E-state index contributed by atoms with van der Waals surface area (Å²) in [4.78, 5) is 0. The van der Waals surface area contributed by atoms with Crippen LogP contribution in [0.25, 0.3) is 0 Å². The van der Waals surface area contributed by atoms with E-state index < -0.39 is 0 Å². The second kappa shape index (κ2) is 9.04. The van der Waals surface area contributed by atoms with Crippen LogP contribution in [0.1, 0.15) is 53.9 Å². The maximum absolute atomic E-state index is 4.00. The van der Waals surface area contributed by atoms with Gasteiger partial charge in [0, 0.05) is 0 Å². The molecule has 96 valence electrons. The fourth-order valence-corrected chi connectivity index (χ4v) is 1.89. The average molecular weight is 232 g/mol. The summed E-state index contributed by atoms with van der Waals surface area (Å²) in [6.07, 6.45) is 12.5. The predicted octanol–water partition coefficient (Wildman–Crippen LogP) is 5.84. The molecule has 0 fully saturated rings. The van der Waals surface area contributed by atoms with Crippen molar-refractivity contribution in [1.82, 2.24) is 0 Å². The predicted molar refractivity (Wildman–Crippen MR) is 80.2 cm³/mol. The zero-order valence-electron chi connectivity index (χ0n) is 12.2. The van der Waals surface area contributed by atoms with Crippen molar-refractivity contribution in [3.05, 3.63) is 47.6 Å². The van der Waals surface area contributed by atoms with Gasteiger partial charge in [0.25, 0.3) is 0 Å². The minimum absolute atomic E-state index is 0.571. The summed E-state index contributed by atoms with van der Waals surface area (Å²) in [5, 5.41) is 0. The molecule has 0 aliphatic rings. The Bertz CT molecular complexity index is 313. The quantitative estimate of drug-likeness (QED) is 0.382. The van der Waals surface area contributed by atoms with Gasteiger partial charge in [0.15, 0.2) is 0 Å². The molecule has 0 amide bonds. The van der Waals surface area contributed by atoms with Gasteiger partial charge in [0.1, 0.15) is 0 Å². The smallest absolute Gasteiger partial charge is 0.00201 e. The van der Waals surface area contributed by atoms with Gasteiger partial charge in [-0.05, 0) is 52.9 Å². The van der Waals surface area contributed by atoms with Crippen LogP contribution in [0, 0.1) is 5.92 Å². The van der Waals surface area contributed by atoms with Gasteiger partial charge in [-0.25, -0.2) is 0 Å². The van der Waals surface area contributed by atoms with E-state index in [1.54, 1.807) is 5.57 Å². The lowest BCUT2D eigenvalue weighted by molar-refractivity contribution is 0.681. The van der Waals surface area contributed by atoms with Crippen molar-refractivity contribution in [2.75, 3.05) is 0 Å². The Labute approximate surface area is 108 Å². The van der Waals surface area contributed by atoms with E-state index in [1.165, 1.54) is 24.0 Å².